The average molecular weight is 275 g/mol. The topological polar surface area (TPSA) is 67.9 Å². The molecule has 5 heteroatoms. The van der Waals surface area contributed by atoms with Gasteiger partial charge >= 0.3 is 0 Å². The molecule has 0 atom stereocenters. The number of rotatable bonds is 2. The highest BCUT2D eigenvalue weighted by Gasteiger charge is 2.18. The molecule has 2 rings (SSSR count). The number of hydrogen-bond acceptors (Lipinski definition) is 3. The fourth-order valence-electron chi connectivity index (χ4n) is 2.08. The van der Waals surface area contributed by atoms with Gasteiger partial charge in [-0.15, -0.1) is 13.2 Å². The normalized spacial score (nSPS) is 15.5. The zero-order valence-electron chi connectivity index (χ0n) is 12.1. The van der Waals surface area contributed by atoms with Crippen LogP contribution in [0.25, 0.3) is 0 Å². The van der Waals surface area contributed by atoms with E-state index in [4.69, 9.17) is 10.5 Å². The van der Waals surface area contributed by atoms with Crippen molar-refractivity contribution in [3.8, 4) is 5.75 Å². The van der Waals surface area contributed by atoms with E-state index in [-0.39, 0.29) is 12.3 Å². The maximum absolute atomic E-state index is 10.9. The lowest BCUT2D eigenvalue weighted by molar-refractivity contribution is -0.117. The highest BCUT2D eigenvalue weighted by atomic mass is 16.5. The third-order valence-corrected chi connectivity index (χ3v) is 2.92. The molecular formula is C15H21N3O2. The quantitative estimate of drug-likeness (QED) is 0.825. The average Bonchev–Trinajstić information content (AvgIpc) is 2.58. The highest BCUT2D eigenvalue weighted by Crippen LogP contribution is 2.24. The minimum Gasteiger partial charge on any atom is -0.491 e. The van der Waals surface area contributed by atoms with E-state index in [9.17, 15) is 4.79 Å². The van der Waals surface area contributed by atoms with Crippen LogP contribution in [-0.4, -0.2) is 43.9 Å². The third-order valence-electron chi connectivity index (χ3n) is 2.92. The lowest BCUT2D eigenvalue weighted by Crippen LogP contribution is -2.28. The number of amides is 1. The third kappa shape index (κ3) is 3.60. The summed E-state index contributed by atoms with van der Waals surface area (Å²) >= 11 is 0. The molecule has 1 aromatic rings. The van der Waals surface area contributed by atoms with E-state index in [1.807, 2.05) is 25.2 Å². The molecule has 1 aliphatic rings. The minimum atomic E-state index is -0.343. The lowest BCUT2D eigenvalue weighted by Gasteiger charge is -2.17. The first-order valence-corrected chi connectivity index (χ1v) is 6.34. The van der Waals surface area contributed by atoms with Gasteiger partial charge < -0.3 is 15.4 Å². The Bertz CT molecular complexity index is 512. The van der Waals surface area contributed by atoms with Crippen molar-refractivity contribution in [2.75, 3.05) is 27.2 Å². The first kappa shape index (κ1) is 15.8. The molecule has 1 aliphatic heterocycles. The summed E-state index contributed by atoms with van der Waals surface area (Å²) in [6, 6.07) is 5.68. The smallest absolute Gasteiger partial charge is 0.221 e. The molecule has 5 nitrogen and oxygen atoms in total. The molecule has 0 radical (unpaired) electrons. The maximum Gasteiger partial charge on any atom is 0.221 e. The van der Waals surface area contributed by atoms with Crippen molar-refractivity contribution in [1.29, 1.82) is 0 Å². The van der Waals surface area contributed by atoms with Gasteiger partial charge in [-0.25, -0.2) is 0 Å². The Morgan fingerprint density at radius 3 is 2.80 bits per heavy atom. The Morgan fingerprint density at radius 1 is 1.50 bits per heavy atom. The van der Waals surface area contributed by atoms with Crippen LogP contribution in [0.2, 0.25) is 0 Å². The van der Waals surface area contributed by atoms with E-state index in [2.05, 4.69) is 23.1 Å². The van der Waals surface area contributed by atoms with Crippen molar-refractivity contribution in [3.63, 3.8) is 0 Å². The molecule has 20 heavy (non-hydrogen) atoms. The monoisotopic (exact) mass is 275 g/mol. The number of amidine groups is 1. The Labute approximate surface area is 119 Å². The number of aliphatic imine (C=N–C) groups is 1. The van der Waals surface area contributed by atoms with Gasteiger partial charge in [0.15, 0.2) is 0 Å². The molecule has 0 bridgehead atoms. The molecule has 0 saturated heterocycles. The second-order valence-corrected chi connectivity index (χ2v) is 4.29. The van der Waals surface area contributed by atoms with Crippen LogP contribution in [0.1, 0.15) is 11.1 Å². The molecular weight excluding hydrogens is 254 g/mol. The SMILES string of the molecule is C=C.CN=C1c2ccc(CC(N)=O)cc2OCCN1C. The molecule has 1 heterocycles. The van der Waals surface area contributed by atoms with Gasteiger partial charge in [0.2, 0.25) is 5.91 Å². The molecule has 0 spiro atoms. The standard InChI is InChI=1S/C13H17N3O2.C2H4/c1-15-13-10-4-3-9(8-12(14)17)7-11(10)18-6-5-16(13)2;1-2/h3-4,7H,5-6,8H2,1-2H3,(H2,14,17);1-2H2. The Kier molecular flexibility index (Phi) is 5.77. The van der Waals surface area contributed by atoms with Gasteiger partial charge in [-0.2, -0.15) is 0 Å². The highest BCUT2D eigenvalue weighted by molar-refractivity contribution is 6.01. The number of nitrogens with zero attached hydrogens (tertiary/aromatic N) is 2. The number of primary amides is 1. The van der Waals surface area contributed by atoms with Gasteiger partial charge in [-0.1, -0.05) is 6.07 Å². The molecule has 108 valence electrons. The van der Waals surface area contributed by atoms with Gasteiger partial charge in [0.05, 0.1) is 18.5 Å². The van der Waals surface area contributed by atoms with Crippen LogP contribution in [0.3, 0.4) is 0 Å². The maximum atomic E-state index is 10.9. The second kappa shape index (κ2) is 7.33. The van der Waals surface area contributed by atoms with Gasteiger partial charge in [0.25, 0.3) is 0 Å². The molecule has 0 aromatic heterocycles. The van der Waals surface area contributed by atoms with Gasteiger partial charge in [0.1, 0.15) is 18.2 Å². The van der Waals surface area contributed by atoms with Crippen LogP contribution in [0.4, 0.5) is 0 Å². The summed E-state index contributed by atoms with van der Waals surface area (Å²) in [4.78, 5) is 17.3. The lowest BCUT2D eigenvalue weighted by atomic mass is 10.1. The number of nitrogens with two attached hydrogens (primary N) is 1. The van der Waals surface area contributed by atoms with Crippen LogP contribution in [-0.2, 0) is 11.2 Å². The molecule has 0 fully saturated rings. The number of benzene rings is 1. The Hall–Kier alpha value is -2.30. The summed E-state index contributed by atoms with van der Waals surface area (Å²) in [6.07, 6.45) is 0.227. The van der Waals surface area contributed by atoms with E-state index in [0.717, 1.165) is 29.3 Å². The largest absolute Gasteiger partial charge is 0.491 e. The van der Waals surface area contributed by atoms with Crippen molar-refractivity contribution < 1.29 is 9.53 Å². The van der Waals surface area contributed by atoms with E-state index < -0.39 is 0 Å². The van der Waals surface area contributed by atoms with Crippen molar-refractivity contribution in [3.05, 3.63) is 42.5 Å². The van der Waals surface area contributed by atoms with E-state index >= 15 is 0 Å². The number of hydrogen-bond donors (Lipinski definition) is 1. The molecule has 1 aromatic carbocycles. The zero-order valence-corrected chi connectivity index (χ0v) is 12.1. The van der Waals surface area contributed by atoms with Crippen LogP contribution < -0.4 is 10.5 Å². The minimum absolute atomic E-state index is 0.227. The number of likely N-dealkylation sites (N-methyl/N-ethyl adjacent to an activating group) is 1. The van der Waals surface area contributed by atoms with Gasteiger partial charge in [0, 0.05) is 14.1 Å². The summed E-state index contributed by atoms with van der Waals surface area (Å²) in [6.45, 7) is 7.38. The summed E-state index contributed by atoms with van der Waals surface area (Å²) in [7, 11) is 3.75. The molecule has 1 amide bonds. The predicted octanol–water partition coefficient (Wildman–Crippen LogP) is 1.22. The molecule has 2 N–H and O–H groups in total. The van der Waals surface area contributed by atoms with Crippen LogP contribution >= 0.6 is 0 Å². The number of ether oxygens (including phenoxy) is 1. The fraction of sp³-hybridized carbons (Fsp3) is 0.333. The van der Waals surface area contributed by atoms with Crippen LogP contribution in [0.5, 0.6) is 5.75 Å². The summed E-state index contributed by atoms with van der Waals surface area (Å²) in [5.41, 5.74) is 7.01. The summed E-state index contributed by atoms with van der Waals surface area (Å²) in [5.74, 6) is 1.32. The molecule has 0 unspecified atom stereocenters. The van der Waals surface area contributed by atoms with Crippen LogP contribution in [0.15, 0.2) is 36.3 Å². The fourth-order valence-corrected chi connectivity index (χ4v) is 2.08. The van der Waals surface area contributed by atoms with Crippen molar-refractivity contribution in [2.45, 2.75) is 6.42 Å². The first-order valence-electron chi connectivity index (χ1n) is 6.34. The first-order chi connectivity index (χ1) is 9.61. The predicted molar refractivity (Wildman–Crippen MR) is 81.2 cm³/mol. The van der Waals surface area contributed by atoms with Crippen molar-refractivity contribution >= 4 is 11.7 Å². The number of carbonyl (C=O) groups excluding carboxylic acids is 1. The van der Waals surface area contributed by atoms with E-state index in [1.165, 1.54) is 0 Å². The zero-order chi connectivity index (χ0) is 15.1. The summed E-state index contributed by atoms with van der Waals surface area (Å²) < 4.78 is 5.70. The Balaban J connectivity index is 0.000000956. The number of carbonyl (C=O) groups is 1. The molecule has 0 saturated carbocycles. The summed E-state index contributed by atoms with van der Waals surface area (Å²) in [5, 5.41) is 0. The van der Waals surface area contributed by atoms with Gasteiger partial charge in [-0.3, -0.25) is 9.79 Å². The van der Waals surface area contributed by atoms with Crippen LogP contribution in [0, 0.1) is 0 Å². The van der Waals surface area contributed by atoms with Crippen molar-refractivity contribution in [2.24, 2.45) is 10.7 Å². The van der Waals surface area contributed by atoms with E-state index in [1.54, 1.807) is 7.05 Å². The second-order valence-electron chi connectivity index (χ2n) is 4.29. The molecule has 0 aliphatic carbocycles. The van der Waals surface area contributed by atoms with E-state index in [0.29, 0.717) is 6.61 Å². The van der Waals surface area contributed by atoms with Crippen molar-refractivity contribution in [1.82, 2.24) is 4.90 Å². The van der Waals surface area contributed by atoms with Gasteiger partial charge in [-0.05, 0) is 17.7 Å². The Morgan fingerprint density at radius 2 is 2.20 bits per heavy atom. The number of fused-ring (bicyclic) bond motifs is 1.